The molecule has 0 saturated heterocycles. The second-order valence-electron chi connectivity index (χ2n) is 5.52. The lowest BCUT2D eigenvalue weighted by molar-refractivity contribution is -0.112. The molecule has 2 aliphatic heterocycles. The quantitative estimate of drug-likeness (QED) is 0.862. The van der Waals surface area contributed by atoms with E-state index >= 15 is 0 Å². The molecule has 113 valence electrons. The van der Waals surface area contributed by atoms with Crippen molar-refractivity contribution >= 4 is 17.4 Å². The first-order chi connectivity index (χ1) is 10.5. The standard InChI is InChI=1S/C16H19N5O/c1-12-5-4-6-13(9-12)17-16(22)14-10-20-11-21(19(2)3)8-7-15(20)18-14/h4-10H,11H2,1-3H3,(H,17,22)/q+1. The van der Waals surface area contributed by atoms with Crippen LogP contribution in [0.3, 0.4) is 0 Å². The Morgan fingerprint density at radius 1 is 1.41 bits per heavy atom. The Kier molecular flexibility index (Phi) is 3.79. The number of amides is 1. The molecular weight excluding hydrogens is 278 g/mol. The van der Waals surface area contributed by atoms with E-state index in [1.807, 2.05) is 72.5 Å². The molecule has 1 amide bonds. The lowest BCUT2D eigenvalue weighted by atomic mass is 10.2. The lowest BCUT2D eigenvalue weighted by Gasteiger charge is -2.27. The molecule has 0 atom stereocenters. The number of carbonyl (C=O) groups excluding carboxylic acids is 1. The Morgan fingerprint density at radius 3 is 2.95 bits per heavy atom. The van der Waals surface area contributed by atoms with Crippen LogP contribution in [0, 0.1) is 6.92 Å². The van der Waals surface area contributed by atoms with E-state index in [-0.39, 0.29) is 5.91 Å². The van der Waals surface area contributed by atoms with Crippen molar-refractivity contribution in [2.45, 2.75) is 6.92 Å². The summed E-state index contributed by atoms with van der Waals surface area (Å²) in [5, 5.41) is 6.88. The second-order valence-corrected chi connectivity index (χ2v) is 5.52. The molecule has 2 aliphatic rings. The predicted molar refractivity (Wildman–Crippen MR) is 87.0 cm³/mol. The van der Waals surface area contributed by atoms with Gasteiger partial charge in [-0.2, -0.15) is 4.99 Å². The van der Waals surface area contributed by atoms with Gasteiger partial charge in [-0.3, -0.25) is 9.80 Å². The SMILES string of the molecule is Cc1cccc(NC(=O)C2=C[N+]3CN(N(C)C)C=CC3=N2)c1. The second kappa shape index (κ2) is 5.75. The third-order valence-corrected chi connectivity index (χ3v) is 3.52. The van der Waals surface area contributed by atoms with Gasteiger partial charge in [0.25, 0.3) is 11.7 Å². The molecule has 3 rings (SSSR count). The van der Waals surface area contributed by atoms with Gasteiger partial charge >= 0.3 is 0 Å². The molecule has 1 aromatic carbocycles. The van der Waals surface area contributed by atoms with Crippen molar-refractivity contribution in [2.24, 2.45) is 4.99 Å². The van der Waals surface area contributed by atoms with Crippen LogP contribution in [-0.2, 0) is 4.79 Å². The molecule has 1 aromatic rings. The Bertz CT molecular complexity index is 690. The van der Waals surface area contributed by atoms with Crippen LogP contribution in [-0.4, -0.2) is 42.5 Å². The highest BCUT2D eigenvalue weighted by Crippen LogP contribution is 2.18. The van der Waals surface area contributed by atoms with Crippen molar-refractivity contribution < 1.29 is 4.79 Å². The minimum atomic E-state index is -0.197. The van der Waals surface area contributed by atoms with Gasteiger partial charge in [0.05, 0.1) is 0 Å². The Hall–Kier alpha value is -2.44. The zero-order valence-corrected chi connectivity index (χ0v) is 12.9. The monoisotopic (exact) mass is 297 g/mol. The van der Waals surface area contributed by atoms with Gasteiger partial charge < -0.3 is 5.32 Å². The minimum absolute atomic E-state index is 0.197. The van der Waals surface area contributed by atoms with Crippen LogP contribution >= 0.6 is 0 Å². The number of nitrogens with zero attached hydrogens (tertiary/aromatic N) is 4. The molecule has 6 nitrogen and oxygen atoms in total. The molecule has 0 spiro atoms. The molecule has 2 heterocycles. The van der Waals surface area contributed by atoms with Crippen molar-refractivity contribution in [3.8, 4) is 0 Å². The number of anilines is 1. The summed E-state index contributed by atoms with van der Waals surface area (Å²) >= 11 is 0. The van der Waals surface area contributed by atoms with E-state index in [1.165, 1.54) is 0 Å². The van der Waals surface area contributed by atoms with Gasteiger partial charge in [0.15, 0.2) is 11.9 Å². The maximum Gasteiger partial charge on any atom is 0.285 e. The van der Waals surface area contributed by atoms with Gasteiger partial charge in [0.1, 0.15) is 0 Å². The Balaban J connectivity index is 1.72. The highest BCUT2D eigenvalue weighted by molar-refractivity contribution is 6.10. The van der Waals surface area contributed by atoms with Crippen LogP contribution in [0.15, 0.2) is 53.4 Å². The third-order valence-electron chi connectivity index (χ3n) is 3.52. The van der Waals surface area contributed by atoms with Crippen LogP contribution in [0.4, 0.5) is 5.69 Å². The number of aliphatic imine (C=N–C) groups is 1. The van der Waals surface area contributed by atoms with E-state index < -0.39 is 0 Å². The number of benzene rings is 1. The van der Waals surface area contributed by atoms with Gasteiger partial charge in [0, 0.05) is 32.1 Å². The molecule has 0 aromatic heterocycles. The summed E-state index contributed by atoms with van der Waals surface area (Å²) in [7, 11) is 3.94. The van der Waals surface area contributed by atoms with Crippen LogP contribution in [0.2, 0.25) is 0 Å². The van der Waals surface area contributed by atoms with Gasteiger partial charge in [0.2, 0.25) is 6.67 Å². The number of aryl methyl sites for hydroxylation is 1. The molecule has 0 unspecified atom stereocenters. The molecule has 0 saturated carbocycles. The molecule has 0 fully saturated rings. The summed E-state index contributed by atoms with van der Waals surface area (Å²) in [5.74, 6) is 0.588. The normalized spacial score (nSPS) is 17.4. The van der Waals surface area contributed by atoms with Crippen molar-refractivity contribution in [1.82, 2.24) is 14.9 Å². The zero-order valence-electron chi connectivity index (χ0n) is 12.9. The average molecular weight is 297 g/mol. The van der Waals surface area contributed by atoms with Crippen molar-refractivity contribution in [3.63, 3.8) is 0 Å². The third kappa shape index (κ3) is 2.93. The minimum Gasteiger partial charge on any atom is -0.320 e. The van der Waals surface area contributed by atoms with Crippen LogP contribution in [0.25, 0.3) is 0 Å². The number of hydrogen-bond donors (Lipinski definition) is 1. The van der Waals surface area contributed by atoms with E-state index in [4.69, 9.17) is 0 Å². The molecule has 1 N–H and O–H groups in total. The van der Waals surface area contributed by atoms with E-state index in [2.05, 4.69) is 10.3 Å². The molecule has 0 bridgehead atoms. The number of fused-ring (bicyclic) bond motifs is 1. The summed E-state index contributed by atoms with van der Waals surface area (Å²) in [6, 6.07) is 7.71. The zero-order chi connectivity index (χ0) is 15.7. The van der Waals surface area contributed by atoms with E-state index in [1.54, 1.807) is 6.20 Å². The predicted octanol–water partition coefficient (Wildman–Crippen LogP) is 1.59. The molecule has 6 heteroatoms. The highest BCUT2D eigenvalue weighted by atomic mass is 16.2. The first-order valence-electron chi connectivity index (χ1n) is 7.10. The number of carbonyl (C=O) groups is 1. The number of nitrogens with one attached hydrogen (secondary N) is 1. The van der Waals surface area contributed by atoms with Crippen molar-refractivity contribution in [1.29, 1.82) is 0 Å². The topological polar surface area (TPSA) is 53.8 Å². The fraction of sp³-hybridized carbons (Fsp3) is 0.250. The summed E-state index contributed by atoms with van der Waals surface area (Å²) < 4.78 is 0. The maximum absolute atomic E-state index is 12.3. The van der Waals surface area contributed by atoms with E-state index in [0.29, 0.717) is 12.4 Å². The first kappa shape index (κ1) is 14.5. The summed E-state index contributed by atoms with van der Waals surface area (Å²) in [6.45, 7) is 2.63. The van der Waals surface area contributed by atoms with Crippen LogP contribution in [0.5, 0.6) is 0 Å². The van der Waals surface area contributed by atoms with Crippen molar-refractivity contribution in [2.75, 3.05) is 26.1 Å². The van der Waals surface area contributed by atoms with Crippen LogP contribution < -0.4 is 10.2 Å². The summed E-state index contributed by atoms with van der Waals surface area (Å²) in [4.78, 5) is 18.7. The summed E-state index contributed by atoms with van der Waals surface area (Å²) in [5.41, 5.74) is 2.30. The Labute approximate surface area is 130 Å². The van der Waals surface area contributed by atoms with Gasteiger partial charge in [-0.05, 0) is 24.6 Å². The maximum atomic E-state index is 12.3. The van der Waals surface area contributed by atoms with E-state index in [9.17, 15) is 4.79 Å². The number of hydrogen-bond acceptors (Lipinski definition) is 5. The van der Waals surface area contributed by atoms with Gasteiger partial charge in [-0.15, -0.1) is 0 Å². The largest absolute Gasteiger partial charge is 0.320 e. The first-order valence-corrected chi connectivity index (χ1v) is 7.10. The molecule has 0 aliphatic carbocycles. The van der Waals surface area contributed by atoms with Crippen molar-refractivity contribution in [3.05, 3.63) is 54.0 Å². The van der Waals surface area contributed by atoms with E-state index in [0.717, 1.165) is 17.1 Å². The smallest absolute Gasteiger partial charge is 0.285 e. The summed E-state index contributed by atoms with van der Waals surface area (Å²) in [6.07, 6.45) is 5.62. The molecule has 22 heavy (non-hydrogen) atoms. The molecular formula is C16H19N5O+. The molecule has 1 radical (unpaired) electrons. The fourth-order valence-electron chi connectivity index (χ4n) is 2.32. The highest BCUT2D eigenvalue weighted by Gasteiger charge is 2.35. The average Bonchev–Trinajstić information content (AvgIpc) is 2.90. The fourth-order valence-corrected chi connectivity index (χ4v) is 2.32. The number of hydrazine groups is 1. The number of rotatable bonds is 3. The van der Waals surface area contributed by atoms with Gasteiger partial charge in [-0.25, -0.2) is 5.01 Å². The lowest BCUT2D eigenvalue weighted by Crippen LogP contribution is -2.47. The van der Waals surface area contributed by atoms with Crippen LogP contribution in [0.1, 0.15) is 5.56 Å². The number of amidine groups is 1. The van der Waals surface area contributed by atoms with Gasteiger partial charge in [-0.1, -0.05) is 17.0 Å². The Morgan fingerprint density at radius 2 is 2.23 bits per heavy atom.